The standard InChI is InChI=1S/C15H25NO3/c1-10-5-4-6-11(2)13(10)9-16-8-12(17)7-14(16)15(18)19-3/h5,11-14,17H,4,6-9H2,1-3H3/t11-,12+,13+,14+/m1/s1. The molecule has 1 N–H and O–H groups in total. The predicted molar refractivity (Wildman–Crippen MR) is 73.6 cm³/mol. The lowest BCUT2D eigenvalue weighted by molar-refractivity contribution is -0.146. The van der Waals surface area contributed by atoms with Crippen molar-refractivity contribution in [2.45, 2.75) is 45.3 Å². The van der Waals surface area contributed by atoms with Crippen LogP contribution in [-0.2, 0) is 9.53 Å². The number of rotatable bonds is 3. The van der Waals surface area contributed by atoms with E-state index >= 15 is 0 Å². The minimum atomic E-state index is -0.410. The zero-order valence-corrected chi connectivity index (χ0v) is 12.1. The number of carbonyl (C=O) groups excluding carboxylic acids is 1. The second-order valence-electron chi connectivity index (χ2n) is 5.99. The minimum absolute atomic E-state index is 0.221. The molecule has 0 saturated carbocycles. The van der Waals surface area contributed by atoms with Gasteiger partial charge in [-0.15, -0.1) is 0 Å². The quantitative estimate of drug-likeness (QED) is 0.623. The van der Waals surface area contributed by atoms with E-state index in [1.807, 2.05) is 0 Å². The summed E-state index contributed by atoms with van der Waals surface area (Å²) in [6, 6.07) is -0.276. The average molecular weight is 267 g/mol. The van der Waals surface area contributed by atoms with Crippen molar-refractivity contribution in [2.75, 3.05) is 20.2 Å². The summed E-state index contributed by atoms with van der Waals surface area (Å²) in [7, 11) is 1.42. The van der Waals surface area contributed by atoms with Gasteiger partial charge in [0.15, 0.2) is 0 Å². The van der Waals surface area contributed by atoms with E-state index in [1.165, 1.54) is 19.1 Å². The fraction of sp³-hybridized carbons (Fsp3) is 0.800. The fourth-order valence-corrected chi connectivity index (χ4v) is 3.41. The molecule has 0 spiro atoms. The van der Waals surface area contributed by atoms with Crippen molar-refractivity contribution in [1.29, 1.82) is 0 Å². The van der Waals surface area contributed by atoms with Gasteiger partial charge in [-0.1, -0.05) is 18.6 Å². The molecule has 0 unspecified atom stereocenters. The molecule has 0 aromatic rings. The average Bonchev–Trinajstić information content (AvgIpc) is 2.74. The normalized spacial score (nSPS) is 36.1. The van der Waals surface area contributed by atoms with Crippen LogP contribution in [0.2, 0.25) is 0 Å². The first kappa shape index (κ1) is 14.5. The van der Waals surface area contributed by atoms with E-state index in [1.54, 1.807) is 0 Å². The Bertz CT molecular complexity index is 366. The number of methoxy groups -OCH3 is 1. The molecule has 4 atom stereocenters. The molecular weight excluding hydrogens is 242 g/mol. The van der Waals surface area contributed by atoms with Crippen molar-refractivity contribution in [3.8, 4) is 0 Å². The lowest BCUT2D eigenvalue weighted by Crippen LogP contribution is -2.41. The molecule has 0 radical (unpaired) electrons. The molecule has 1 aliphatic heterocycles. The first-order valence-corrected chi connectivity index (χ1v) is 7.19. The second-order valence-corrected chi connectivity index (χ2v) is 5.99. The van der Waals surface area contributed by atoms with Gasteiger partial charge in [-0.05, 0) is 31.6 Å². The van der Waals surface area contributed by atoms with E-state index in [2.05, 4.69) is 24.8 Å². The summed E-state index contributed by atoms with van der Waals surface area (Å²) < 4.78 is 4.85. The van der Waals surface area contributed by atoms with Crippen LogP contribution in [0.5, 0.6) is 0 Å². The van der Waals surface area contributed by atoms with E-state index in [-0.39, 0.29) is 12.0 Å². The van der Waals surface area contributed by atoms with Crippen LogP contribution >= 0.6 is 0 Å². The summed E-state index contributed by atoms with van der Waals surface area (Å²) in [5, 5.41) is 9.81. The molecule has 4 heteroatoms. The van der Waals surface area contributed by atoms with E-state index < -0.39 is 6.10 Å². The van der Waals surface area contributed by atoms with Crippen LogP contribution < -0.4 is 0 Å². The van der Waals surface area contributed by atoms with Crippen LogP contribution in [0.15, 0.2) is 11.6 Å². The monoisotopic (exact) mass is 267 g/mol. The highest BCUT2D eigenvalue weighted by Gasteiger charge is 2.38. The Morgan fingerprint density at radius 2 is 2.32 bits per heavy atom. The van der Waals surface area contributed by atoms with E-state index in [4.69, 9.17) is 4.74 Å². The number of aliphatic hydroxyl groups is 1. The third-order valence-electron chi connectivity index (χ3n) is 4.65. The summed E-state index contributed by atoms with van der Waals surface area (Å²) in [6.45, 7) is 5.89. The Labute approximate surface area is 115 Å². The molecule has 2 rings (SSSR count). The summed E-state index contributed by atoms with van der Waals surface area (Å²) >= 11 is 0. The van der Waals surface area contributed by atoms with Gasteiger partial charge >= 0.3 is 5.97 Å². The first-order valence-electron chi connectivity index (χ1n) is 7.19. The molecule has 1 heterocycles. The lowest BCUT2D eigenvalue weighted by Gasteiger charge is -2.34. The number of ether oxygens (including phenoxy) is 1. The summed E-state index contributed by atoms with van der Waals surface area (Å²) in [6.07, 6.45) is 4.77. The Kier molecular flexibility index (Phi) is 4.63. The number of hydrogen-bond donors (Lipinski definition) is 1. The number of nitrogens with zero attached hydrogens (tertiary/aromatic N) is 1. The molecule has 19 heavy (non-hydrogen) atoms. The molecule has 1 saturated heterocycles. The Balaban J connectivity index is 2.06. The number of likely N-dealkylation sites (tertiary alicyclic amines) is 1. The number of allylic oxidation sites excluding steroid dienone is 1. The summed E-state index contributed by atoms with van der Waals surface area (Å²) in [5.74, 6) is 0.911. The number of esters is 1. The maximum Gasteiger partial charge on any atom is 0.323 e. The Morgan fingerprint density at radius 1 is 1.58 bits per heavy atom. The molecule has 2 aliphatic rings. The van der Waals surface area contributed by atoms with Gasteiger partial charge in [0.05, 0.1) is 13.2 Å². The van der Waals surface area contributed by atoms with Crippen LogP contribution in [-0.4, -0.2) is 48.3 Å². The van der Waals surface area contributed by atoms with Crippen LogP contribution in [0, 0.1) is 11.8 Å². The molecule has 1 fully saturated rings. The first-order chi connectivity index (χ1) is 9.02. The van der Waals surface area contributed by atoms with Crippen molar-refractivity contribution in [3.05, 3.63) is 11.6 Å². The number of carbonyl (C=O) groups is 1. The van der Waals surface area contributed by atoms with Crippen molar-refractivity contribution in [2.24, 2.45) is 11.8 Å². The smallest absolute Gasteiger partial charge is 0.323 e. The maximum atomic E-state index is 11.8. The Morgan fingerprint density at radius 3 is 2.95 bits per heavy atom. The number of aliphatic hydroxyl groups excluding tert-OH is 1. The molecule has 4 nitrogen and oxygen atoms in total. The largest absolute Gasteiger partial charge is 0.468 e. The van der Waals surface area contributed by atoms with Gasteiger partial charge in [0.1, 0.15) is 6.04 Å². The van der Waals surface area contributed by atoms with Crippen molar-refractivity contribution >= 4 is 5.97 Å². The number of β-amino-alcohol motifs (C(OH)–C–C–N with tert-alkyl or cyclic N) is 1. The van der Waals surface area contributed by atoms with Gasteiger partial charge in [0, 0.05) is 19.5 Å². The third kappa shape index (κ3) is 3.18. The molecule has 0 aromatic heterocycles. The van der Waals surface area contributed by atoms with E-state index in [0.717, 1.165) is 13.0 Å². The van der Waals surface area contributed by atoms with Crippen LogP contribution in [0.1, 0.15) is 33.1 Å². The van der Waals surface area contributed by atoms with Gasteiger partial charge in [-0.3, -0.25) is 9.69 Å². The van der Waals surface area contributed by atoms with E-state index in [9.17, 15) is 9.90 Å². The maximum absolute atomic E-state index is 11.8. The molecular formula is C15H25NO3. The van der Waals surface area contributed by atoms with Gasteiger partial charge in [-0.2, -0.15) is 0 Å². The highest BCUT2D eigenvalue weighted by molar-refractivity contribution is 5.76. The fourth-order valence-electron chi connectivity index (χ4n) is 3.41. The van der Waals surface area contributed by atoms with Crippen molar-refractivity contribution in [3.63, 3.8) is 0 Å². The van der Waals surface area contributed by atoms with Gasteiger partial charge in [0.2, 0.25) is 0 Å². The van der Waals surface area contributed by atoms with Crippen LogP contribution in [0.3, 0.4) is 0 Å². The van der Waals surface area contributed by atoms with Gasteiger partial charge in [0.25, 0.3) is 0 Å². The summed E-state index contributed by atoms with van der Waals surface area (Å²) in [5.41, 5.74) is 1.42. The molecule has 0 aromatic carbocycles. The SMILES string of the molecule is COC(=O)[C@@H]1C[C@H](O)CN1C[C@H]1C(C)=CCC[C@H]1C. The lowest BCUT2D eigenvalue weighted by atomic mass is 9.79. The van der Waals surface area contributed by atoms with Gasteiger partial charge in [-0.25, -0.2) is 0 Å². The van der Waals surface area contributed by atoms with Crippen molar-refractivity contribution in [1.82, 2.24) is 4.90 Å². The zero-order chi connectivity index (χ0) is 14.0. The Hall–Kier alpha value is -0.870. The summed E-state index contributed by atoms with van der Waals surface area (Å²) in [4.78, 5) is 13.9. The molecule has 1 aliphatic carbocycles. The minimum Gasteiger partial charge on any atom is -0.468 e. The molecule has 108 valence electrons. The third-order valence-corrected chi connectivity index (χ3v) is 4.65. The highest BCUT2D eigenvalue weighted by atomic mass is 16.5. The van der Waals surface area contributed by atoms with Crippen molar-refractivity contribution < 1.29 is 14.6 Å². The van der Waals surface area contributed by atoms with Gasteiger partial charge < -0.3 is 9.84 Å². The highest BCUT2D eigenvalue weighted by Crippen LogP contribution is 2.32. The number of hydrogen-bond acceptors (Lipinski definition) is 4. The van der Waals surface area contributed by atoms with Crippen LogP contribution in [0.25, 0.3) is 0 Å². The van der Waals surface area contributed by atoms with Crippen LogP contribution in [0.4, 0.5) is 0 Å². The zero-order valence-electron chi connectivity index (χ0n) is 12.1. The van der Waals surface area contributed by atoms with E-state index in [0.29, 0.717) is 24.8 Å². The second kappa shape index (κ2) is 6.06. The molecule has 0 bridgehead atoms. The molecule has 0 amide bonds. The predicted octanol–water partition coefficient (Wildman–Crippen LogP) is 1.59. The topological polar surface area (TPSA) is 49.8 Å².